The van der Waals surface area contributed by atoms with E-state index in [4.69, 9.17) is 4.74 Å². The molecule has 0 aliphatic rings. The Bertz CT molecular complexity index is 753. The van der Waals surface area contributed by atoms with Crippen molar-refractivity contribution in [2.24, 2.45) is 0 Å². The van der Waals surface area contributed by atoms with E-state index in [1.54, 1.807) is 24.4 Å². The lowest BCUT2D eigenvalue weighted by molar-refractivity contribution is -0.121. The van der Waals surface area contributed by atoms with E-state index in [0.29, 0.717) is 24.3 Å². The summed E-state index contributed by atoms with van der Waals surface area (Å²) in [6, 6.07) is 7.99. The van der Waals surface area contributed by atoms with E-state index in [9.17, 15) is 14.0 Å². The second-order valence-electron chi connectivity index (χ2n) is 6.13. The highest BCUT2D eigenvalue weighted by atomic mass is 19.1. The summed E-state index contributed by atoms with van der Waals surface area (Å²) in [5.41, 5.74) is 0.657. The molecule has 27 heavy (non-hydrogen) atoms. The van der Waals surface area contributed by atoms with Gasteiger partial charge >= 0.3 is 0 Å². The molecular formula is C20H24FN3O3. The van der Waals surface area contributed by atoms with E-state index < -0.39 is 5.82 Å². The number of benzene rings is 1. The summed E-state index contributed by atoms with van der Waals surface area (Å²) in [5.74, 6) is -0.0563. The molecule has 7 heteroatoms. The lowest BCUT2D eigenvalue weighted by Crippen LogP contribution is -2.23. The zero-order valence-corrected chi connectivity index (χ0v) is 15.3. The van der Waals surface area contributed by atoms with Gasteiger partial charge in [0.2, 0.25) is 11.8 Å². The third kappa shape index (κ3) is 7.85. The maximum absolute atomic E-state index is 14.1. The Morgan fingerprint density at radius 3 is 2.70 bits per heavy atom. The summed E-state index contributed by atoms with van der Waals surface area (Å²) in [6.45, 7) is 2.37. The second-order valence-corrected chi connectivity index (χ2v) is 6.13. The Labute approximate surface area is 158 Å². The molecule has 2 rings (SSSR count). The van der Waals surface area contributed by atoms with Crippen molar-refractivity contribution < 1.29 is 18.7 Å². The summed E-state index contributed by atoms with van der Waals surface area (Å²) in [7, 11) is 0. The Kier molecular flexibility index (Phi) is 8.22. The number of hydrogen-bond donors (Lipinski definition) is 2. The highest BCUT2D eigenvalue weighted by molar-refractivity contribution is 5.75. The summed E-state index contributed by atoms with van der Waals surface area (Å²) in [5, 5.41) is 5.49. The fraction of sp³-hybridized carbons (Fsp3) is 0.350. The molecule has 2 N–H and O–H groups in total. The fourth-order valence-corrected chi connectivity index (χ4v) is 2.41. The average molecular weight is 373 g/mol. The van der Waals surface area contributed by atoms with Crippen LogP contribution in [0.3, 0.4) is 0 Å². The monoisotopic (exact) mass is 373 g/mol. The van der Waals surface area contributed by atoms with E-state index in [-0.39, 0.29) is 24.1 Å². The van der Waals surface area contributed by atoms with Crippen molar-refractivity contribution in [3.8, 4) is 11.5 Å². The first-order valence-electron chi connectivity index (χ1n) is 8.92. The van der Waals surface area contributed by atoms with E-state index in [1.807, 2.05) is 0 Å². The first kappa shape index (κ1) is 20.4. The maximum atomic E-state index is 14.1. The molecule has 1 aromatic heterocycles. The second kappa shape index (κ2) is 10.9. The van der Waals surface area contributed by atoms with Gasteiger partial charge in [0, 0.05) is 32.6 Å². The van der Waals surface area contributed by atoms with Crippen LogP contribution in [0.5, 0.6) is 11.5 Å². The predicted octanol–water partition coefficient (Wildman–Crippen LogP) is 3.33. The van der Waals surface area contributed by atoms with Crippen LogP contribution in [-0.2, 0) is 16.1 Å². The summed E-state index contributed by atoms with van der Waals surface area (Å²) >= 11 is 0. The molecule has 0 bridgehead atoms. The number of hydrogen-bond acceptors (Lipinski definition) is 4. The fourth-order valence-electron chi connectivity index (χ4n) is 2.41. The quantitative estimate of drug-likeness (QED) is 0.626. The van der Waals surface area contributed by atoms with Crippen LogP contribution in [0.1, 0.15) is 38.2 Å². The molecule has 0 radical (unpaired) electrons. The van der Waals surface area contributed by atoms with Crippen molar-refractivity contribution in [1.82, 2.24) is 15.6 Å². The van der Waals surface area contributed by atoms with Crippen molar-refractivity contribution >= 4 is 11.8 Å². The largest absolute Gasteiger partial charge is 0.453 e. The minimum atomic E-state index is -0.497. The Morgan fingerprint density at radius 2 is 2.00 bits per heavy atom. The molecule has 2 amide bonds. The van der Waals surface area contributed by atoms with Gasteiger partial charge in [-0.05, 0) is 42.7 Å². The topological polar surface area (TPSA) is 80.3 Å². The number of nitrogens with zero attached hydrogens (tertiary/aromatic N) is 1. The minimum Gasteiger partial charge on any atom is -0.453 e. The third-order valence-electron chi connectivity index (χ3n) is 3.80. The van der Waals surface area contributed by atoms with E-state index in [0.717, 1.165) is 19.3 Å². The minimum absolute atomic E-state index is 0.0446. The van der Waals surface area contributed by atoms with Crippen molar-refractivity contribution in [1.29, 1.82) is 0 Å². The van der Waals surface area contributed by atoms with Gasteiger partial charge < -0.3 is 15.4 Å². The first-order chi connectivity index (χ1) is 13.0. The predicted molar refractivity (Wildman–Crippen MR) is 99.7 cm³/mol. The zero-order valence-electron chi connectivity index (χ0n) is 15.3. The number of pyridine rings is 1. The normalized spacial score (nSPS) is 10.3. The number of carbonyl (C=O) groups excluding carboxylic acids is 2. The smallest absolute Gasteiger partial charge is 0.220 e. The molecule has 144 valence electrons. The number of carbonyl (C=O) groups is 2. The number of halogens is 1. The summed E-state index contributed by atoms with van der Waals surface area (Å²) in [4.78, 5) is 26.5. The van der Waals surface area contributed by atoms with Crippen LogP contribution in [-0.4, -0.2) is 23.3 Å². The van der Waals surface area contributed by atoms with E-state index >= 15 is 0 Å². The standard InChI is InChI=1S/C20H24FN3O3/c1-15(25)23-11-4-2-3-7-20(26)24-13-16-8-9-19(18(21)12-16)27-17-6-5-10-22-14-17/h5-6,8-10,12,14H,2-4,7,11,13H2,1H3,(H,23,25)(H,24,26). The average Bonchev–Trinajstić information content (AvgIpc) is 2.65. The van der Waals surface area contributed by atoms with Crippen LogP contribution >= 0.6 is 0 Å². The number of rotatable bonds is 10. The lowest BCUT2D eigenvalue weighted by atomic mass is 10.1. The van der Waals surface area contributed by atoms with Crippen molar-refractivity contribution in [2.45, 2.75) is 39.2 Å². The van der Waals surface area contributed by atoms with Gasteiger partial charge in [-0.25, -0.2) is 4.39 Å². The number of nitrogens with one attached hydrogen (secondary N) is 2. The molecule has 0 saturated carbocycles. The van der Waals surface area contributed by atoms with Gasteiger partial charge in [0.15, 0.2) is 11.6 Å². The van der Waals surface area contributed by atoms with Crippen LogP contribution in [0.25, 0.3) is 0 Å². The Hall–Kier alpha value is -2.96. The van der Waals surface area contributed by atoms with E-state index in [1.165, 1.54) is 25.3 Å². The van der Waals surface area contributed by atoms with Gasteiger partial charge in [0.1, 0.15) is 5.75 Å². The molecule has 0 spiro atoms. The molecule has 0 aliphatic carbocycles. The van der Waals surface area contributed by atoms with Gasteiger partial charge in [0.05, 0.1) is 6.20 Å². The van der Waals surface area contributed by atoms with Crippen molar-refractivity contribution in [3.05, 3.63) is 54.1 Å². The van der Waals surface area contributed by atoms with Crippen molar-refractivity contribution in [3.63, 3.8) is 0 Å². The molecule has 1 heterocycles. The molecule has 0 fully saturated rings. The SMILES string of the molecule is CC(=O)NCCCCCC(=O)NCc1ccc(Oc2cccnc2)c(F)c1. The van der Waals surface area contributed by atoms with Crippen LogP contribution in [0.2, 0.25) is 0 Å². The molecule has 0 aliphatic heterocycles. The highest BCUT2D eigenvalue weighted by Gasteiger charge is 2.07. The number of unbranched alkanes of at least 4 members (excludes halogenated alkanes) is 2. The maximum Gasteiger partial charge on any atom is 0.220 e. The summed E-state index contributed by atoms with van der Waals surface area (Å²) in [6.07, 6.45) is 5.98. The van der Waals surface area contributed by atoms with Gasteiger partial charge in [-0.3, -0.25) is 14.6 Å². The highest BCUT2D eigenvalue weighted by Crippen LogP contribution is 2.24. The molecule has 0 saturated heterocycles. The first-order valence-corrected chi connectivity index (χ1v) is 8.92. The number of amides is 2. The van der Waals surface area contributed by atoms with Crippen LogP contribution in [0.15, 0.2) is 42.7 Å². The summed E-state index contributed by atoms with van der Waals surface area (Å²) < 4.78 is 19.6. The zero-order chi connectivity index (χ0) is 19.5. The van der Waals surface area contributed by atoms with Gasteiger partial charge in [-0.1, -0.05) is 12.5 Å². The molecule has 2 aromatic rings. The van der Waals surface area contributed by atoms with Crippen LogP contribution in [0.4, 0.5) is 4.39 Å². The third-order valence-corrected chi connectivity index (χ3v) is 3.80. The Morgan fingerprint density at radius 1 is 1.15 bits per heavy atom. The van der Waals surface area contributed by atoms with Gasteiger partial charge in [0.25, 0.3) is 0 Å². The molecule has 1 aromatic carbocycles. The lowest BCUT2D eigenvalue weighted by Gasteiger charge is -2.09. The molecule has 0 unspecified atom stereocenters. The Balaban J connectivity index is 1.70. The van der Waals surface area contributed by atoms with Crippen LogP contribution in [0, 0.1) is 5.82 Å². The van der Waals surface area contributed by atoms with Gasteiger partial charge in [-0.2, -0.15) is 0 Å². The molecule has 0 atom stereocenters. The molecule has 6 nitrogen and oxygen atoms in total. The van der Waals surface area contributed by atoms with Crippen molar-refractivity contribution in [2.75, 3.05) is 6.54 Å². The number of aromatic nitrogens is 1. The molecular weight excluding hydrogens is 349 g/mol. The van der Waals surface area contributed by atoms with Crippen LogP contribution < -0.4 is 15.4 Å². The van der Waals surface area contributed by atoms with E-state index in [2.05, 4.69) is 15.6 Å². The number of ether oxygens (including phenoxy) is 1. The van der Waals surface area contributed by atoms with Gasteiger partial charge in [-0.15, -0.1) is 0 Å².